The van der Waals surface area contributed by atoms with Gasteiger partial charge in [-0.05, 0) is 24.8 Å². The van der Waals surface area contributed by atoms with Gasteiger partial charge in [-0.3, -0.25) is 4.79 Å². The number of carbonyl (C=O) groups excluding carboxylic acids is 1. The first kappa shape index (κ1) is 20.9. The van der Waals surface area contributed by atoms with Crippen LogP contribution in [-0.4, -0.2) is 25.2 Å². The van der Waals surface area contributed by atoms with Crippen LogP contribution in [0.3, 0.4) is 0 Å². The SMILES string of the molecule is CC(C(=O)NCCCOC1CCCCC1)C(N)c1ccccc1.Cl. The summed E-state index contributed by atoms with van der Waals surface area (Å²) in [6, 6.07) is 9.51. The number of nitrogens with two attached hydrogens (primary N) is 1. The van der Waals surface area contributed by atoms with Gasteiger partial charge in [-0.2, -0.15) is 0 Å². The van der Waals surface area contributed by atoms with Crippen molar-refractivity contribution in [2.45, 2.75) is 57.6 Å². The zero-order valence-electron chi connectivity index (χ0n) is 14.6. The van der Waals surface area contributed by atoms with E-state index in [4.69, 9.17) is 10.5 Å². The van der Waals surface area contributed by atoms with Crippen LogP contribution in [0.4, 0.5) is 0 Å². The van der Waals surface area contributed by atoms with Crippen LogP contribution in [0.15, 0.2) is 30.3 Å². The third-order valence-electron chi connectivity index (χ3n) is 4.66. The second-order valence-corrected chi connectivity index (χ2v) is 6.50. The molecule has 1 fully saturated rings. The minimum absolute atomic E-state index is 0. The molecule has 24 heavy (non-hydrogen) atoms. The Hall–Kier alpha value is -1.10. The van der Waals surface area contributed by atoms with Crippen LogP contribution >= 0.6 is 12.4 Å². The van der Waals surface area contributed by atoms with Crippen LogP contribution in [0.2, 0.25) is 0 Å². The van der Waals surface area contributed by atoms with Crippen molar-refractivity contribution in [2.24, 2.45) is 11.7 Å². The standard InChI is InChI=1S/C19H30N2O2.ClH/c1-15(18(20)16-9-4-2-5-10-16)19(22)21-13-8-14-23-17-11-6-3-7-12-17;/h2,4-5,9-10,15,17-18H,3,6-8,11-14,20H2,1H3,(H,21,22);1H. The lowest BCUT2D eigenvalue weighted by Crippen LogP contribution is -2.36. The molecular weight excluding hydrogens is 324 g/mol. The monoisotopic (exact) mass is 354 g/mol. The quantitative estimate of drug-likeness (QED) is 0.701. The van der Waals surface area contributed by atoms with Crippen molar-refractivity contribution in [3.8, 4) is 0 Å². The molecule has 0 bridgehead atoms. The van der Waals surface area contributed by atoms with Gasteiger partial charge in [0.05, 0.1) is 12.0 Å². The molecule has 1 saturated carbocycles. The van der Waals surface area contributed by atoms with E-state index in [1.165, 1.54) is 32.1 Å². The van der Waals surface area contributed by atoms with Crippen LogP contribution in [-0.2, 0) is 9.53 Å². The fourth-order valence-corrected chi connectivity index (χ4v) is 3.05. The van der Waals surface area contributed by atoms with E-state index in [2.05, 4.69) is 5.32 Å². The molecule has 1 amide bonds. The first-order valence-electron chi connectivity index (χ1n) is 8.88. The number of rotatable bonds is 8. The lowest BCUT2D eigenvalue weighted by Gasteiger charge is -2.22. The van der Waals surface area contributed by atoms with Crippen LogP contribution in [0.1, 0.15) is 57.1 Å². The number of benzene rings is 1. The molecule has 2 rings (SSSR count). The van der Waals surface area contributed by atoms with Crippen LogP contribution < -0.4 is 11.1 Å². The van der Waals surface area contributed by atoms with Gasteiger partial charge in [-0.25, -0.2) is 0 Å². The zero-order valence-corrected chi connectivity index (χ0v) is 15.4. The third kappa shape index (κ3) is 6.80. The third-order valence-corrected chi connectivity index (χ3v) is 4.66. The Morgan fingerprint density at radius 2 is 1.92 bits per heavy atom. The Balaban J connectivity index is 0.00000288. The average Bonchev–Trinajstić information content (AvgIpc) is 2.61. The summed E-state index contributed by atoms with van der Waals surface area (Å²) in [6.07, 6.45) is 7.59. The highest BCUT2D eigenvalue weighted by Gasteiger charge is 2.21. The maximum absolute atomic E-state index is 12.2. The van der Waals surface area contributed by atoms with Gasteiger partial charge in [0.25, 0.3) is 0 Å². The lowest BCUT2D eigenvalue weighted by molar-refractivity contribution is -0.125. The zero-order chi connectivity index (χ0) is 16.5. The first-order chi connectivity index (χ1) is 11.2. The number of amides is 1. The van der Waals surface area contributed by atoms with Crippen molar-refractivity contribution < 1.29 is 9.53 Å². The second kappa shape index (κ2) is 11.5. The van der Waals surface area contributed by atoms with Gasteiger partial charge in [0.15, 0.2) is 0 Å². The number of halogens is 1. The first-order valence-corrected chi connectivity index (χ1v) is 8.88. The number of hydrogen-bond acceptors (Lipinski definition) is 3. The number of ether oxygens (including phenoxy) is 1. The van der Waals surface area contributed by atoms with E-state index < -0.39 is 0 Å². The highest BCUT2D eigenvalue weighted by molar-refractivity contribution is 5.85. The van der Waals surface area contributed by atoms with Gasteiger partial charge in [0.1, 0.15) is 0 Å². The lowest BCUT2D eigenvalue weighted by atomic mass is 9.95. The van der Waals surface area contributed by atoms with E-state index in [0.29, 0.717) is 12.6 Å². The average molecular weight is 355 g/mol. The molecule has 4 nitrogen and oxygen atoms in total. The Morgan fingerprint density at radius 3 is 2.58 bits per heavy atom. The Labute approximate surface area is 151 Å². The maximum atomic E-state index is 12.2. The van der Waals surface area contributed by atoms with Crippen molar-refractivity contribution in [1.29, 1.82) is 0 Å². The summed E-state index contributed by atoms with van der Waals surface area (Å²) in [6.45, 7) is 3.26. The van der Waals surface area contributed by atoms with Crippen molar-refractivity contribution in [1.82, 2.24) is 5.32 Å². The summed E-state index contributed by atoms with van der Waals surface area (Å²) in [7, 11) is 0. The normalized spacial score (nSPS) is 17.6. The molecule has 1 aliphatic carbocycles. The summed E-state index contributed by atoms with van der Waals surface area (Å²) >= 11 is 0. The number of carbonyl (C=O) groups is 1. The summed E-state index contributed by atoms with van der Waals surface area (Å²) in [5, 5.41) is 2.97. The van der Waals surface area contributed by atoms with Gasteiger partial charge in [-0.1, -0.05) is 56.5 Å². The molecule has 0 radical (unpaired) electrons. The fraction of sp³-hybridized carbons (Fsp3) is 0.632. The van der Waals surface area contributed by atoms with E-state index in [0.717, 1.165) is 18.6 Å². The largest absolute Gasteiger partial charge is 0.378 e. The minimum Gasteiger partial charge on any atom is -0.378 e. The molecule has 0 spiro atoms. The van der Waals surface area contributed by atoms with Crippen molar-refractivity contribution in [2.75, 3.05) is 13.2 Å². The van der Waals surface area contributed by atoms with E-state index in [1.54, 1.807) is 0 Å². The molecule has 136 valence electrons. The molecule has 1 aromatic rings. The highest BCUT2D eigenvalue weighted by Crippen LogP contribution is 2.20. The minimum atomic E-state index is -0.269. The Bertz CT molecular complexity index is 464. The van der Waals surface area contributed by atoms with Crippen molar-refractivity contribution in [3.05, 3.63) is 35.9 Å². The van der Waals surface area contributed by atoms with E-state index >= 15 is 0 Å². The number of hydrogen-bond donors (Lipinski definition) is 2. The summed E-state index contributed by atoms with van der Waals surface area (Å²) in [5.41, 5.74) is 7.18. The van der Waals surface area contributed by atoms with E-state index in [9.17, 15) is 4.79 Å². The topological polar surface area (TPSA) is 64.3 Å². The molecule has 0 saturated heterocycles. The molecule has 0 aliphatic heterocycles. The predicted molar refractivity (Wildman–Crippen MR) is 100 cm³/mol. The molecule has 2 unspecified atom stereocenters. The fourth-order valence-electron chi connectivity index (χ4n) is 3.05. The van der Waals surface area contributed by atoms with E-state index in [1.807, 2.05) is 37.3 Å². The predicted octanol–water partition coefficient (Wildman–Crippen LogP) is 3.60. The summed E-state index contributed by atoms with van der Waals surface area (Å²) in [4.78, 5) is 12.2. The number of nitrogens with one attached hydrogen (secondary N) is 1. The molecule has 0 heterocycles. The van der Waals surface area contributed by atoms with Crippen molar-refractivity contribution in [3.63, 3.8) is 0 Å². The smallest absolute Gasteiger partial charge is 0.224 e. The van der Waals surface area contributed by atoms with Gasteiger partial charge in [0.2, 0.25) is 5.91 Å². The molecule has 0 aromatic heterocycles. The Kier molecular flexibility index (Phi) is 9.99. The molecule has 2 atom stereocenters. The van der Waals surface area contributed by atoms with Crippen LogP contribution in [0.5, 0.6) is 0 Å². The Morgan fingerprint density at radius 1 is 1.25 bits per heavy atom. The highest BCUT2D eigenvalue weighted by atomic mass is 35.5. The van der Waals surface area contributed by atoms with Crippen molar-refractivity contribution >= 4 is 18.3 Å². The summed E-state index contributed by atoms with van der Waals surface area (Å²) in [5.74, 6) is -0.226. The van der Waals surface area contributed by atoms with Crippen LogP contribution in [0, 0.1) is 5.92 Å². The maximum Gasteiger partial charge on any atom is 0.224 e. The molecular formula is C19H31ClN2O2. The molecule has 1 aromatic carbocycles. The van der Waals surface area contributed by atoms with Gasteiger partial charge in [-0.15, -0.1) is 12.4 Å². The van der Waals surface area contributed by atoms with Gasteiger partial charge in [0, 0.05) is 19.2 Å². The van der Waals surface area contributed by atoms with Gasteiger partial charge >= 0.3 is 0 Å². The molecule has 5 heteroatoms. The molecule has 3 N–H and O–H groups in total. The van der Waals surface area contributed by atoms with Gasteiger partial charge < -0.3 is 15.8 Å². The molecule has 1 aliphatic rings. The second-order valence-electron chi connectivity index (χ2n) is 6.50. The van der Waals surface area contributed by atoms with Crippen LogP contribution in [0.25, 0.3) is 0 Å². The summed E-state index contributed by atoms with van der Waals surface area (Å²) < 4.78 is 5.87. The van der Waals surface area contributed by atoms with E-state index in [-0.39, 0.29) is 30.3 Å².